The summed E-state index contributed by atoms with van der Waals surface area (Å²) in [7, 11) is 0. The molecule has 0 radical (unpaired) electrons. The van der Waals surface area contributed by atoms with Crippen molar-refractivity contribution >= 4 is 27.5 Å². The predicted molar refractivity (Wildman–Crippen MR) is 85.6 cm³/mol. The van der Waals surface area contributed by atoms with E-state index in [2.05, 4.69) is 47.1 Å². The molecule has 0 saturated heterocycles. The van der Waals surface area contributed by atoms with Crippen LogP contribution in [-0.2, 0) is 12.0 Å². The molecule has 1 nitrogen and oxygen atoms in total. The van der Waals surface area contributed by atoms with E-state index in [4.69, 9.17) is 17.3 Å². The first-order chi connectivity index (χ1) is 8.88. The Morgan fingerprint density at radius 2 is 1.79 bits per heavy atom. The van der Waals surface area contributed by atoms with E-state index in [0.717, 1.165) is 20.6 Å². The number of rotatable bonds is 3. The zero-order chi connectivity index (χ0) is 14.0. The van der Waals surface area contributed by atoms with E-state index < -0.39 is 5.54 Å². The quantitative estimate of drug-likeness (QED) is 0.852. The topological polar surface area (TPSA) is 26.0 Å². The van der Waals surface area contributed by atoms with Gasteiger partial charge in [-0.1, -0.05) is 63.4 Å². The first-order valence-electron chi connectivity index (χ1n) is 6.18. The van der Waals surface area contributed by atoms with Crippen LogP contribution in [0.25, 0.3) is 0 Å². The summed E-state index contributed by atoms with van der Waals surface area (Å²) in [6, 6.07) is 14.3. The minimum absolute atomic E-state index is 0.425. The van der Waals surface area contributed by atoms with Crippen LogP contribution >= 0.6 is 27.5 Å². The van der Waals surface area contributed by atoms with Gasteiger partial charge in [0.05, 0.1) is 0 Å². The number of hydrogen-bond acceptors (Lipinski definition) is 1. The summed E-state index contributed by atoms with van der Waals surface area (Å²) in [5.41, 5.74) is 9.46. The second kappa shape index (κ2) is 5.66. The fourth-order valence-corrected chi connectivity index (χ4v) is 2.84. The van der Waals surface area contributed by atoms with Gasteiger partial charge in [-0.2, -0.15) is 0 Å². The van der Waals surface area contributed by atoms with Crippen molar-refractivity contribution in [1.82, 2.24) is 0 Å². The second-order valence-corrected chi connectivity index (χ2v) is 6.52. The van der Waals surface area contributed by atoms with Crippen LogP contribution in [0.4, 0.5) is 0 Å². The number of nitrogens with two attached hydrogens (primary N) is 1. The zero-order valence-corrected chi connectivity index (χ0v) is 13.4. The molecule has 0 spiro atoms. The van der Waals surface area contributed by atoms with Gasteiger partial charge in [0.2, 0.25) is 0 Å². The molecule has 2 rings (SSSR count). The summed E-state index contributed by atoms with van der Waals surface area (Å²) < 4.78 is 0.982. The van der Waals surface area contributed by atoms with Crippen molar-refractivity contribution in [3.05, 3.63) is 68.7 Å². The Labute approximate surface area is 127 Å². The van der Waals surface area contributed by atoms with Crippen LogP contribution in [0.2, 0.25) is 5.02 Å². The average molecular weight is 339 g/mol. The molecule has 0 bridgehead atoms. The summed E-state index contributed by atoms with van der Waals surface area (Å²) in [6.07, 6.45) is 0.710. The lowest BCUT2D eigenvalue weighted by Gasteiger charge is -2.26. The molecule has 100 valence electrons. The van der Waals surface area contributed by atoms with Gasteiger partial charge in [-0.25, -0.2) is 0 Å². The molecule has 0 aromatic heterocycles. The Kier molecular flexibility index (Phi) is 4.34. The van der Waals surface area contributed by atoms with E-state index >= 15 is 0 Å². The third kappa shape index (κ3) is 3.59. The summed E-state index contributed by atoms with van der Waals surface area (Å²) in [4.78, 5) is 0. The number of hydrogen-bond donors (Lipinski definition) is 1. The average Bonchev–Trinajstić information content (AvgIpc) is 2.33. The highest BCUT2D eigenvalue weighted by Crippen LogP contribution is 2.28. The van der Waals surface area contributed by atoms with Crippen LogP contribution in [-0.4, -0.2) is 0 Å². The van der Waals surface area contributed by atoms with Gasteiger partial charge in [-0.05, 0) is 43.5 Å². The van der Waals surface area contributed by atoms with Gasteiger partial charge < -0.3 is 5.73 Å². The fraction of sp³-hybridized carbons (Fsp3) is 0.250. The van der Waals surface area contributed by atoms with Gasteiger partial charge in [0.25, 0.3) is 0 Å². The second-order valence-electron chi connectivity index (χ2n) is 5.20. The van der Waals surface area contributed by atoms with E-state index in [1.165, 1.54) is 5.56 Å². The molecule has 0 aliphatic heterocycles. The number of aryl methyl sites for hydroxylation is 1. The van der Waals surface area contributed by atoms with Gasteiger partial charge in [0.15, 0.2) is 0 Å². The van der Waals surface area contributed by atoms with Crippen LogP contribution < -0.4 is 5.73 Å². The summed E-state index contributed by atoms with van der Waals surface area (Å²) in [5, 5.41) is 0.748. The molecule has 0 fully saturated rings. The van der Waals surface area contributed by atoms with E-state index in [-0.39, 0.29) is 0 Å². The lowest BCUT2D eigenvalue weighted by Crippen LogP contribution is -2.35. The van der Waals surface area contributed by atoms with E-state index in [1.54, 1.807) is 0 Å². The maximum Gasteiger partial charge on any atom is 0.0450 e. The molecule has 2 aromatic rings. The smallest absolute Gasteiger partial charge is 0.0450 e. The van der Waals surface area contributed by atoms with Crippen molar-refractivity contribution in [3.8, 4) is 0 Å². The van der Waals surface area contributed by atoms with Gasteiger partial charge in [0.1, 0.15) is 0 Å². The van der Waals surface area contributed by atoms with Crippen LogP contribution in [0.5, 0.6) is 0 Å². The Hall–Kier alpha value is -0.830. The molecule has 2 aromatic carbocycles. The molecule has 0 aliphatic carbocycles. The van der Waals surface area contributed by atoms with Crippen molar-refractivity contribution in [2.75, 3.05) is 0 Å². The standard InChI is InChI=1S/C16H17BrClN/c1-11-3-6-13(7-4-11)16(2,19)10-12-5-8-14(17)9-15(12)18/h3-9H,10,19H2,1-2H3. The van der Waals surface area contributed by atoms with Crippen LogP contribution in [0.15, 0.2) is 46.9 Å². The van der Waals surface area contributed by atoms with Crippen LogP contribution in [0, 0.1) is 6.92 Å². The zero-order valence-electron chi connectivity index (χ0n) is 11.1. The highest BCUT2D eigenvalue weighted by atomic mass is 79.9. The molecule has 0 aliphatic rings. The van der Waals surface area contributed by atoms with E-state index in [0.29, 0.717) is 6.42 Å². The lowest BCUT2D eigenvalue weighted by atomic mass is 9.86. The van der Waals surface area contributed by atoms with Crippen molar-refractivity contribution in [1.29, 1.82) is 0 Å². The first kappa shape index (κ1) is 14.6. The summed E-state index contributed by atoms with van der Waals surface area (Å²) in [5.74, 6) is 0. The molecule has 19 heavy (non-hydrogen) atoms. The maximum absolute atomic E-state index is 6.46. The third-order valence-corrected chi connectivity index (χ3v) is 4.13. The van der Waals surface area contributed by atoms with Gasteiger partial charge in [-0.3, -0.25) is 0 Å². The molecule has 0 saturated carbocycles. The van der Waals surface area contributed by atoms with E-state index in [1.807, 2.05) is 25.1 Å². The molecule has 0 amide bonds. The highest BCUT2D eigenvalue weighted by Gasteiger charge is 2.22. The van der Waals surface area contributed by atoms with Crippen molar-refractivity contribution in [2.45, 2.75) is 25.8 Å². The maximum atomic E-state index is 6.46. The summed E-state index contributed by atoms with van der Waals surface area (Å²) in [6.45, 7) is 4.11. The lowest BCUT2D eigenvalue weighted by molar-refractivity contribution is 0.491. The minimum Gasteiger partial charge on any atom is -0.321 e. The molecular weight excluding hydrogens is 322 g/mol. The molecule has 3 heteroatoms. The number of halogens is 2. The monoisotopic (exact) mass is 337 g/mol. The molecule has 0 heterocycles. The molecule has 2 N–H and O–H groups in total. The largest absolute Gasteiger partial charge is 0.321 e. The highest BCUT2D eigenvalue weighted by molar-refractivity contribution is 9.10. The minimum atomic E-state index is -0.425. The molecule has 1 atom stereocenters. The third-order valence-electron chi connectivity index (χ3n) is 3.28. The molecular formula is C16H17BrClN. The van der Waals surface area contributed by atoms with Crippen LogP contribution in [0.1, 0.15) is 23.6 Å². The Morgan fingerprint density at radius 3 is 2.37 bits per heavy atom. The normalized spacial score (nSPS) is 14.2. The van der Waals surface area contributed by atoms with Crippen molar-refractivity contribution in [2.24, 2.45) is 5.73 Å². The Morgan fingerprint density at radius 1 is 1.16 bits per heavy atom. The molecule has 1 unspecified atom stereocenters. The Bertz CT molecular complexity index is 576. The van der Waals surface area contributed by atoms with Crippen LogP contribution in [0.3, 0.4) is 0 Å². The first-order valence-corrected chi connectivity index (χ1v) is 7.35. The summed E-state index contributed by atoms with van der Waals surface area (Å²) >= 11 is 9.68. The van der Waals surface area contributed by atoms with Crippen molar-refractivity contribution < 1.29 is 0 Å². The number of benzene rings is 2. The van der Waals surface area contributed by atoms with E-state index in [9.17, 15) is 0 Å². The SMILES string of the molecule is Cc1ccc(C(C)(N)Cc2ccc(Br)cc2Cl)cc1. The fourth-order valence-electron chi connectivity index (χ4n) is 2.10. The van der Waals surface area contributed by atoms with Gasteiger partial charge >= 0.3 is 0 Å². The van der Waals surface area contributed by atoms with Gasteiger partial charge in [0, 0.05) is 15.0 Å². The Balaban J connectivity index is 2.27. The van der Waals surface area contributed by atoms with Gasteiger partial charge in [-0.15, -0.1) is 0 Å². The predicted octanol–water partition coefficient (Wildman–Crippen LogP) is 4.83. The van der Waals surface area contributed by atoms with Crippen molar-refractivity contribution in [3.63, 3.8) is 0 Å².